The zero-order valence-electron chi connectivity index (χ0n) is 25.8. The number of non-ortho nitro benzene ring substituents is 1. The molecule has 1 amide bonds. The van der Waals surface area contributed by atoms with Gasteiger partial charge >= 0.3 is 0 Å². The number of hydrogen-bond acceptors (Lipinski definition) is 6. The molecule has 1 N–H and O–H groups in total. The fraction of sp³-hybridized carbons (Fsp3) is 0.237. The lowest BCUT2D eigenvalue weighted by Crippen LogP contribution is -2.51. The lowest BCUT2D eigenvalue weighted by Gasteiger charge is -2.39. The number of carbonyl (C=O) groups is 3. The number of nitrogens with one attached hydrogen (secondary N) is 1. The maximum atomic E-state index is 15.1. The molecular weight excluding hydrogens is 578 g/mol. The molecule has 46 heavy (non-hydrogen) atoms. The molecule has 0 radical (unpaired) electrons. The summed E-state index contributed by atoms with van der Waals surface area (Å²) in [7, 11) is 0. The number of Topliss-reactive ketones (excluding diaryl/α,β-unsaturated/α-hetero) is 2. The van der Waals surface area contributed by atoms with E-state index in [1.807, 2.05) is 78.6 Å². The number of nitro benzene ring substituents is 1. The van der Waals surface area contributed by atoms with Gasteiger partial charge in [0.15, 0.2) is 11.6 Å². The van der Waals surface area contributed by atoms with E-state index in [1.165, 1.54) is 24.3 Å². The van der Waals surface area contributed by atoms with Crippen LogP contribution in [-0.2, 0) is 16.6 Å². The second-order valence-corrected chi connectivity index (χ2v) is 12.8. The van der Waals surface area contributed by atoms with Crippen molar-refractivity contribution in [3.05, 3.63) is 141 Å². The first-order valence-electron chi connectivity index (χ1n) is 15.5. The van der Waals surface area contributed by atoms with E-state index in [2.05, 4.69) is 19.2 Å². The molecule has 0 saturated carbocycles. The molecule has 8 heteroatoms. The molecule has 0 aromatic heterocycles. The Hall–Kier alpha value is -5.37. The molecule has 8 nitrogen and oxygen atoms in total. The molecule has 0 aliphatic carbocycles. The lowest BCUT2D eigenvalue weighted by molar-refractivity contribution is -0.384. The molecule has 4 aromatic carbocycles. The summed E-state index contributed by atoms with van der Waals surface area (Å²) in [6.45, 7) is 6.25. The SMILES string of the molecule is CC1=C[C@@H]2N(c3ccccc31)[C@H](C(=O)c1ccc([N+](=O)[O-])cc1)[C@@H](C(=O)c1ccc(CC(C)C)cc1)[C@@]21C(=O)Nc2ccccc21. The van der Waals surface area contributed by atoms with Crippen molar-refractivity contribution in [2.75, 3.05) is 10.2 Å². The van der Waals surface area contributed by atoms with Crippen LogP contribution in [0.4, 0.5) is 17.1 Å². The van der Waals surface area contributed by atoms with E-state index in [-0.39, 0.29) is 28.7 Å². The molecule has 230 valence electrons. The molecule has 0 unspecified atom stereocenters. The highest BCUT2D eigenvalue weighted by atomic mass is 16.6. The summed E-state index contributed by atoms with van der Waals surface area (Å²) in [6.07, 6.45) is 2.87. The Morgan fingerprint density at radius 3 is 2.22 bits per heavy atom. The van der Waals surface area contributed by atoms with Crippen molar-refractivity contribution in [1.29, 1.82) is 0 Å². The fourth-order valence-electron chi connectivity index (χ4n) is 7.76. The van der Waals surface area contributed by atoms with Crippen molar-refractivity contribution in [1.82, 2.24) is 0 Å². The van der Waals surface area contributed by atoms with Crippen molar-refractivity contribution < 1.29 is 19.3 Å². The summed E-state index contributed by atoms with van der Waals surface area (Å²) < 4.78 is 0. The maximum Gasteiger partial charge on any atom is 0.269 e. The van der Waals surface area contributed by atoms with E-state index in [9.17, 15) is 19.7 Å². The van der Waals surface area contributed by atoms with Crippen LogP contribution in [0.25, 0.3) is 5.57 Å². The first-order valence-corrected chi connectivity index (χ1v) is 15.5. The monoisotopic (exact) mass is 611 g/mol. The third-order valence-corrected chi connectivity index (χ3v) is 9.68. The number of carbonyl (C=O) groups excluding carboxylic acids is 3. The largest absolute Gasteiger partial charge is 0.352 e. The molecular formula is C38H33N3O5. The van der Waals surface area contributed by atoms with Gasteiger partial charge in [0.1, 0.15) is 11.5 Å². The Bertz CT molecular complexity index is 1950. The predicted octanol–water partition coefficient (Wildman–Crippen LogP) is 7.04. The second kappa shape index (κ2) is 10.9. The molecule has 1 spiro atoms. The van der Waals surface area contributed by atoms with Gasteiger partial charge in [0.25, 0.3) is 5.69 Å². The van der Waals surface area contributed by atoms with Gasteiger partial charge in [-0.2, -0.15) is 0 Å². The molecule has 1 fully saturated rings. The van der Waals surface area contributed by atoms with Gasteiger partial charge < -0.3 is 10.2 Å². The smallest absolute Gasteiger partial charge is 0.269 e. The predicted molar refractivity (Wildman–Crippen MR) is 177 cm³/mol. The van der Waals surface area contributed by atoms with E-state index in [4.69, 9.17) is 0 Å². The third kappa shape index (κ3) is 4.31. The number of ketones is 2. The van der Waals surface area contributed by atoms with Gasteiger partial charge in [-0.3, -0.25) is 24.5 Å². The van der Waals surface area contributed by atoms with Gasteiger partial charge in [-0.05, 0) is 60.2 Å². The van der Waals surface area contributed by atoms with Crippen molar-refractivity contribution in [2.24, 2.45) is 11.8 Å². The van der Waals surface area contributed by atoms with E-state index >= 15 is 4.79 Å². The first kappa shape index (κ1) is 29.3. The zero-order valence-corrected chi connectivity index (χ0v) is 25.8. The number of nitro groups is 1. The van der Waals surface area contributed by atoms with Gasteiger partial charge in [0.2, 0.25) is 5.91 Å². The third-order valence-electron chi connectivity index (χ3n) is 9.68. The van der Waals surface area contributed by atoms with Crippen LogP contribution in [0.2, 0.25) is 0 Å². The number of allylic oxidation sites excluding steroid dienone is 1. The number of nitrogens with zero attached hydrogens (tertiary/aromatic N) is 2. The van der Waals surface area contributed by atoms with Gasteiger partial charge in [-0.25, -0.2) is 0 Å². The molecule has 1 saturated heterocycles. The Morgan fingerprint density at radius 1 is 0.891 bits per heavy atom. The average molecular weight is 612 g/mol. The molecule has 0 bridgehead atoms. The minimum Gasteiger partial charge on any atom is -0.352 e. The highest BCUT2D eigenvalue weighted by molar-refractivity contribution is 6.18. The minimum absolute atomic E-state index is 0.141. The van der Waals surface area contributed by atoms with Crippen LogP contribution in [0.5, 0.6) is 0 Å². The number of amides is 1. The Balaban J connectivity index is 1.48. The summed E-state index contributed by atoms with van der Waals surface area (Å²) in [5.74, 6) is -1.70. The highest BCUT2D eigenvalue weighted by Gasteiger charge is 2.70. The number of benzene rings is 4. The van der Waals surface area contributed by atoms with Crippen molar-refractivity contribution in [3.63, 3.8) is 0 Å². The summed E-state index contributed by atoms with van der Waals surface area (Å²) in [4.78, 5) is 57.3. The van der Waals surface area contributed by atoms with Crippen molar-refractivity contribution in [3.8, 4) is 0 Å². The van der Waals surface area contributed by atoms with Crippen LogP contribution < -0.4 is 10.2 Å². The number of rotatable bonds is 7. The average Bonchev–Trinajstić information content (AvgIpc) is 3.52. The standard InChI is InChI=1S/C38H33N3O5/c1-22(2)20-24-12-14-25(15-13-24)35(42)33-34(36(43)26-16-18-27(19-17-26)41(45)46)40-31-11-7-4-8-28(31)23(3)21-32(40)38(33)29-9-5-6-10-30(29)39-37(38)44/h4-19,21-22,32-34H,20H2,1-3H3,(H,39,44)/t32-,33-,34-,38-/m0/s1. The Morgan fingerprint density at radius 2 is 1.52 bits per heavy atom. The molecule has 4 aromatic rings. The quantitative estimate of drug-likeness (QED) is 0.136. The van der Waals surface area contributed by atoms with E-state index < -0.39 is 28.3 Å². The van der Waals surface area contributed by atoms with Gasteiger partial charge in [0.05, 0.1) is 16.9 Å². The molecule has 3 aliphatic rings. The van der Waals surface area contributed by atoms with Crippen LogP contribution in [-0.4, -0.2) is 34.5 Å². The summed E-state index contributed by atoms with van der Waals surface area (Å²) in [5, 5.41) is 14.5. The summed E-state index contributed by atoms with van der Waals surface area (Å²) in [6, 6.07) is 26.3. The zero-order chi connectivity index (χ0) is 32.3. The molecule has 7 rings (SSSR count). The minimum atomic E-state index is -1.43. The normalized spacial score (nSPS) is 22.6. The van der Waals surface area contributed by atoms with Crippen LogP contribution in [0.15, 0.2) is 103 Å². The lowest BCUT2D eigenvalue weighted by atomic mass is 9.64. The number of fused-ring (bicyclic) bond motifs is 6. The molecule has 4 atom stereocenters. The van der Waals surface area contributed by atoms with Crippen molar-refractivity contribution >= 4 is 40.1 Å². The highest BCUT2D eigenvalue weighted by Crippen LogP contribution is 2.58. The van der Waals surface area contributed by atoms with Gasteiger partial charge in [0, 0.05) is 40.2 Å². The van der Waals surface area contributed by atoms with Crippen molar-refractivity contribution in [2.45, 2.75) is 44.7 Å². The van der Waals surface area contributed by atoms with E-state index in [1.54, 1.807) is 12.1 Å². The van der Waals surface area contributed by atoms with Gasteiger partial charge in [-0.15, -0.1) is 0 Å². The summed E-state index contributed by atoms with van der Waals surface area (Å²) >= 11 is 0. The van der Waals surface area contributed by atoms with Crippen LogP contribution >= 0.6 is 0 Å². The fourth-order valence-corrected chi connectivity index (χ4v) is 7.76. The van der Waals surface area contributed by atoms with Gasteiger partial charge in [-0.1, -0.05) is 80.6 Å². The first-order chi connectivity index (χ1) is 22.1. The van der Waals surface area contributed by atoms with Crippen LogP contribution in [0, 0.1) is 22.0 Å². The Kier molecular flexibility index (Phi) is 6.96. The number of hydrogen-bond donors (Lipinski definition) is 1. The molecule has 3 aliphatic heterocycles. The Labute approximate surface area is 266 Å². The second-order valence-electron chi connectivity index (χ2n) is 12.8. The molecule has 3 heterocycles. The number of anilines is 2. The van der Waals surface area contributed by atoms with Crippen LogP contribution in [0.3, 0.4) is 0 Å². The topological polar surface area (TPSA) is 110 Å². The number of para-hydroxylation sites is 2. The summed E-state index contributed by atoms with van der Waals surface area (Å²) in [5.41, 5.74) is 4.08. The van der Waals surface area contributed by atoms with E-state index in [0.29, 0.717) is 22.7 Å². The van der Waals surface area contributed by atoms with E-state index in [0.717, 1.165) is 28.8 Å². The maximum absolute atomic E-state index is 15.1. The van der Waals surface area contributed by atoms with Crippen LogP contribution in [0.1, 0.15) is 58.2 Å².